The first-order valence-corrected chi connectivity index (χ1v) is 11.0. The number of ether oxygens (including phenoxy) is 1. The van der Waals surface area contributed by atoms with Crippen molar-refractivity contribution in [1.82, 2.24) is 24.6 Å². The van der Waals surface area contributed by atoms with E-state index in [0.717, 1.165) is 37.0 Å². The zero-order valence-electron chi connectivity index (χ0n) is 18.9. The molecule has 3 heterocycles. The first-order valence-electron chi connectivity index (χ1n) is 11.0. The Morgan fingerprint density at radius 3 is 2.53 bits per heavy atom. The number of hydrogen-bond acceptors (Lipinski definition) is 8. The number of halogens is 2. The van der Waals surface area contributed by atoms with E-state index in [9.17, 15) is 8.78 Å². The molecule has 3 N–H and O–H groups in total. The van der Waals surface area contributed by atoms with Gasteiger partial charge in [-0.15, -0.1) is 0 Å². The van der Waals surface area contributed by atoms with E-state index in [0.29, 0.717) is 24.6 Å². The molecule has 0 atom stereocenters. The molecule has 0 amide bonds. The largest absolute Gasteiger partial charge is 0.475 e. The minimum Gasteiger partial charge on any atom is -0.475 e. The second-order valence-corrected chi connectivity index (χ2v) is 7.91. The number of nitrogens with two attached hydrogens (primary N) is 1. The molecule has 1 saturated heterocycles. The van der Waals surface area contributed by atoms with Crippen LogP contribution in [0.2, 0.25) is 0 Å². The highest BCUT2D eigenvalue weighted by atomic mass is 19.1. The van der Waals surface area contributed by atoms with Gasteiger partial charge in [-0.2, -0.15) is 15.1 Å². The van der Waals surface area contributed by atoms with E-state index in [2.05, 4.69) is 26.0 Å². The molecule has 0 radical (unpaired) electrons. The monoisotopic (exact) mass is 471 g/mol. The average molecular weight is 472 g/mol. The van der Waals surface area contributed by atoms with Gasteiger partial charge in [0.25, 0.3) is 0 Å². The lowest BCUT2D eigenvalue weighted by Gasteiger charge is -2.35. The highest BCUT2D eigenvalue weighted by Crippen LogP contribution is 2.20. The second-order valence-electron chi connectivity index (χ2n) is 7.91. The molecule has 1 aromatic carbocycles. The van der Waals surface area contributed by atoms with Crippen molar-refractivity contribution in [2.75, 3.05) is 56.6 Å². The average Bonchev–Trinajstić information content (AvgIpc) is 3.17. The van der Waals surface area contributed by atoms with Crippen LogP contribution in [0.1, 0.15) is 11.3 Å². The summed E-state index contributed by atoms with van der Waals surface area (Å²) in [4.78, 5) is 12.5. The molecule has 0 spiro atoms. The van der Waals surface area contributed by atoms with Gasteiger partial charge in [0, 0.05) is 56.1 Å². The summed E-state index contributed by atoms with van der Waals surface area (Å²) in [5.74, 6) is -0.326. The Morgan fingerprint density at radius 2 is 1.82 bits per heavy atom. The van der Waals surface area contributed by atoms with Crippen molar-refractivity contribution in [3.63, 3.8) is 0 Å². The molecule has 1 aliphatic rings. The van der Waals surface area contributed by atoms with Gasteiger partial charge in [-0.05, 0) is 19.1 Å². The van der Waals surface area contributed by atoms with Gasteiger partial charge in [0.05, 0.1) is 18.5 Å². The zero-order chi connectivity index (χ0) is 24.1. The molecule has 9 nitrogen and oxygen atoms in total. The standard InChI is InChI=1S/C23H27F2N7O2/c1-16-17(15-27-32(16)21-14-22(34-10-9-33)29-23(26)28-21)3-2-4-30-5-7-31(8-6-30)20-12-18(24)11-19(25)13-20/h2-3,11-15,33H,4-10H2,1H3,(H2,26,28,29). The van der Waals surface area contributed by atoms with Crippen molar-refractivity contribution >= 4 is 17.7 Å². The first-order chi connectivity index (χ1) is 16.4. The van der Waals surface area contributed by atoms with E-state index in [1.165, 1.54) is 12.1 Å². The van der Waals surface area contributed by atoms with Crippen molar-refractivity contribution in [2.24, 2.45) is 0 Å². The summed E-state index contributed by atoms with van der Waals surface area (Å²) in [6.07, 6.45) is 5.81. The number of anilines is 2. The lowest BCUT2D eigenvalue weighted by molar-refractivity contribution is 0.196. The molecule has 1 aliphatic heterocycles. The quantitative estimate of drug-likeness (QED) is 0.514. The predicted octanol–water partition coefficient (Wildman–Crippen LogP) is 2.04. The van der Waals surface area contributed by atoms with Gasteiger partial charge in [-0.3, -0.25) is 4.90 Å². The van der Waals surface area contributed by atoms with Crippen LogP contribution in [-0.4, -0.2) is 75.7 Å². The van der Waals surface area contributed by atoms with Crippen LogP contribution in [0.25, 0.3) is 11.9 Å². The number of benzene rings is 1. The summed E-state index contributed by atoms with van der Waals surface area (Å²) in [6.45, 7) is 5.62. The summed E-state index contributed by atoms with van der Waals surface area (Å²) >= 11 is 0. The van der Waals surface area contributed by atoms with E-state index in [1.807, 2.05) is 17.9 Å². The Morgan fingerprint density at radius 1 is 1.09 bits per heavy atom. The topological polar surface area (TPSA) is 106 Å². The van der Waals surface area contributed by atoms with Gasteiger partial charge in [0.1, 0.15) is 18.2 Å². The fourth-order valence-corrected chi connectivity index (χ4v) is 3.82. The van der Waals surface area contributed by atoms with Gasteiger partial charge in [0.15, 0.2) is 5.82 Å². The molecular formula is C23H27F2N7O2. The number of rotatable bonds is 8. The summed E-state index contributed by atoms with van der Waals surface area (Å²) < 4.78 is 34.0. The Hall–Kier alpha value is -3.57. The van der Waals surface area contributed by atoms with Crippen molar-refractivity contribution in [2.45, 2.75) is 6.92 Å². The SMILES string of the molecule is Cc1c(C=CCN2CCN(c3cc(F)cc(F)c3)CC2)cnn1-c1cc(OCCO)nc(N)n1. The molecule has 11 heteroatoms. The molecule has 3 aromatic rings. The molecular weight excluding hydrogens is 444 g/mol. The summed E-state index contributed by atoms with van der Waals surface area (Å²) in [7, 11) is 0. The Labute approximate surface area is 196 Å². The van der Waals surface area contributed by atoms with Crippen molar-refractivity contribution in [3.8, 4) is 11.7 Å². The van der Waals surface area contributed by atoms with Crippen LogP contribution in [0.5, 0.6) is 5.88 Å². The summed E-state index contributed by atoms with van der Waals surface area (Å²) in [6, 6.07) is 5.24. The molecule has 34 heavy (non-hydrogen) atoms. The third-order valence-electron chi connectivity index (χ3n) is 5.56. The smallest absolute Gasteiger partial charge is 0.225 e. The van der Waals surface area contributed by atoms with E-state index < -0.39 is 11.6 Å². The molecule has 1 fully saturated rings. The fraction of sp³-hybridized carbons (Fsp3) is 0.348. The normalized spacial score (nSPS) is 14.8. The van der Waals surface area contributed by atoms with Gasteiger partial charge in [0.2, 0.25) is 11.8 Å². The summed E-state index contributed by atoms with van der Waals surface area (Å²) in [5, 5.41) is 13.3. The molecule has 0 aliphatic carbocycles. The van der Waals surface area contributed by atoms with E-state index in [1.54, 1.807) is 16.9 Å². The number of nitrogen functional groups attached to an aromatic ring is 1. The Kier molecular flexibility index (Phi) is 7.33. The molecule has 4 rings (SSSR count). The van der Waals surface area contributed by atoms with Gasteiger partial charge < -0.3 is 20.5 Å². The van der Waals surface area contributed by atoms with E-state index in [-0.39, 0.29) is 25.0 Å². The second kappa shape index (κ2) is 10.6. The third-order valence-corrected chi connectivity index (χ3v) is 5.56. The van der Waals surface area contributed by atoms with Crippen LogP contribution < -0.4 is 15.4 Å². The maximum atomic E-state index is 13.5. The maximum Gasteiger partial charge on any atom is 0.225 e. The number of nitrogens with zero attached hydrogens (tertiary/aromatic N) is 6. The lowest BCUT2D eigenvalue weighted by atomic mass is 10.2. The van der Waals surface area contributed by atoms with Gasteiger partial charge in [-0.1, -0.05) is 12.2 Å². The van der Waals surface area contributed by atoms with Crippen molar-refractivity contribution in [3.05, 3.63) is 59.4 Å². The van der Waals surface area contributed by atoms with Crippen LogP contribution in [0.15, 0.2) is 36.5 Å². The molecule has 0 saturated carbocycles. The summed E-state index contributed by atoms with van der Waals surface area (Å²) in [5.41, 5.74) is 8.17. The number of aliphatic hydroxyl groups excluding tert-OH is 1. The number of aromatic nitrogens is 4. The van der Waals surface area contributed by atoms with Crippen LogP contribution in [0.4, 0.5) is 20.4 Å². The van der Waals surface area contributed by atoms with Crippen LogP contribution >= 0.6 is 0 Å². The zero-order valence-corrected chi connectivity index (χ0v) is 18.9. The minimum absolute atomic E-state index is 0.0533. The fourth-order valence-electron chi connectivity index (χ4n) is 3.82. The van der Waals surface area contributed by atoms with Gasteiger partial charge >= 0.3 is 0 Å². The predicted molar refractivity (Wildman–Crippen MR) is 125 cm³/mol. The number of hydrogen-bond donors (Lipinski definition) is 2. The molecule has 180 valence electrons. The van der Waals surface area contributed by atoms with E-state index >= 15 is 0 Å². The molecule has 0 unspecified atom stereocenters. The minimum atomic E-state index is -0.560. The number of piperazine rings is 1. The van der Waals surface area contributed by atoms with E-state index in [4.69, 9.17) is 15.6 Å². The lowest BCUT2D eigenvalue weighted by Crippen LogP contribution is -2.46. The molecule has 2 aromatic heterocycles. The highest BCUT2D eigenvalue weighted by Gasteiger charge is 2.17. The van der Waals surface area contributed by atoms with Crippen LogP contribution in [-0.2, 0) is 0 Å². The van der Waals surface area contributed by atoms with Gasteiger partial charge in [-0.25, -0.2) is 13.5 Å². The Bertz CT molecular complexity index is 1140. The molecule has 0 bridgehead atoms. The number of aliphatic hydroxyl groups is 1. The third kappa shape index (κ3) is 5.67. The first kappa shape index (κ1) is 23.6. The van der Waals surface area contributed by atoms with Crippen LogP contribution in [0.3, 0.4) is 0 Å². The van der Waals surface area contributed by atoms with Crippen molar-refractivity contribution < 1.29 is 18.6 Å². The highest BCUT2D eigenvalue weighted by molar-refractivity contribution is 5.52. The van der Waals surface area contributed by atoms with Crippen molar-refractivity contribution in [1.29, 1.82) is 0 Å². The maximum absolute atomic E-state index is 13.5. The van der Waals surface area contributed by atoms with Crippen LogP contribution in [0, 0.1) is 18.6 Å². The Balaban J connectivity index is 1.35.